The second-order valence-corrected chi connectivity index (χ2v) is 24.3. The Morgan fingerprint density at radius 2 is 1.02 bits per heavy atom. The highest BCUT2D eigenvalue weighted by atomic mass is 19.2. The van der Waals surface area contributed by atoms with E-state index in [1.807, 2.05) is 133 Å². The first-order valence-electron chi connectivity index (χ1n) is 28.7. The summed E-state index contributed by atoms with van der Waals surface area (Å²) in [4.78, 5) is 53.5. The largest absolute Gasteiger partial charge is 0.445 e. The third-order valence-electron chi connectivity index (χ3n) is 15.2. The zero-order valence-electron chi connectivity index (χ0n) is 49.5. The van der Waals surface area contributed by atoms with E-state index in [-0.39, 0.29) is 80.8 Å². The lowest BCUT2D eigenvalue weighted by molar-refractivity contribution is -0.146. The predicted molar refractivity (Wildman–Crippen MR) is 311 cm³/mol. The van der Waals surface area contributed by atoms with Crippen LogP contribution in [0.5, 0.6) is 0 Å². The number of aromatic nitrogens is 2. The molecule has 7 aromatic rings. The van der Waals surface area contributed by atoms with Crippen LogP contribution >= 0.6 is 0 Å². The summed E-state index contributed by atoms with van der Waals surface area (Å²) in [7, 11) is 0. The van der Waals surface area contributed by atoms with Crippen LogP contribution in [0.4, 0.5) is 31.1 Å². The number of carbonyl (C=O) groups is 3. The molecular weight excluding hydrogens is 1120 g/mol. The van der Waals surface area contributed by atoms with E-state index >= 15 is 4.39 Å². The van der Waals surface area contributed by atoms with Crippen LogP contribution < -0.4 is 5.32 Å². The Hall–Kier alpha value is -7.81. The summed E-state index contributed by atoms with van der Waals surface area (Å²) in [5.41, 5.74) is 1.38. The van der Waals surface area contributed by atoms with Gasteiger partial charge in [-0.15, -0.1) is 0 Å². The Labute approximate surface area is 497 Å². The van der Waals surface area contributed by atoms with E-state index in [1.165, 1.54) is 28.5 Å². The molecule has 14 nitrogen and oxygen atoms in total. The van der Waals surface area contributed by atoms with E-state index in [0.717, 1.165) is 53.1 Å². The van der Waals surface area contributed by atoms with E-state index in [0.29, 0.717) is 23.8 Å². The molecule has 2 fully saturated rings. The molecule has 86 heavy (non-hydrogen) atoms. The molecule has 0 aliphatic carbocycles. The number of rotatable bonds is 18. The number of benzene rings is 5. The molecule has 0 bridgehead atoms. The molecule has 8 atom stereocenters. The van der Waals surface area contributed by atoms with Gasteiger partial charge in [0.1, 0.15) is 77.3 Å². The highest BCUT2D eigenvalue weighted by Crippen LogP contribution is 2.45. The fourth-order valence-electron chi connectivity index (χ4n) is 11.0. The van der Waals surface area contributed by atoms with Gasteiger partial charge in [-0.3, -0.25) is 9.59 Å². The minimum atomic E-state index is -1.49. The fraction of sp³-hybridized carbons (Fsp3) is 0.409. The number of halogens is 6. The molecule has 2 aliphatic heterocycles. The molecule has 0 unspecified atom stereocenters. The molecule has 0 saturated carbocycles. The van der Waals surface area contributed by atoms with Gasteiger partial charge in [-0.05, 0) is 77.8 Å². The SMILES string of the molecule is C[C@H](O)C(=O)N(C[C@@H]1CN(C(=O)OCc2ccccc2)C[C@@H]1F)[C@@H](c1nc(-c2cc(F)ccc2F)oc1Cc1ccccc1)C(C)(C)C.C[C@H](O)C(=O)N(C[C@@H]1CNC[C@@H]1F)[C@@H](c1nc(-c2cc(F)ccc2F)oc1Cc1ccccc1)C(C)(C)C. The number of ether oxygens (including phenoxy) is 1. The van der Waals surface area contributed by atoms with Crippen LogP contribution in [0.1, 0.15) is 107 Å². The number of amides is 3. The average Bonchev–Trinajstić information content (AvgIpc) is 1.66. The Morgan fingerprint density at radius 3 is 1.42 bits per heavy atom. The summed E-state index contributed by atoms with van der Waals surface area (Å²) >= 11 is 0. The van der Waals surface area contributed by atoms with E-state index in [4.69, 9.17) is 13.6 Å². The number of aliphatic hydroxyl groups is 2. The summed E-state index contributed by atoms with van der Waals surface area (Å²) in [6.45, 7) is 14.2. The van der Waals surface area contributed by atoms with Crippen molar-refractivity contribution in [2.45, 2.75) is 111 Å². The van der Waals surface area contributed by atoms with Gasteiger partial charge in [0.15, 0.2) is 0 Å². The monoisotopic (exact) mass is 1190 g/mol. The minimum Gasteiger partial charge on any atom is -0.445 e. The summed E-state index contributed by atoms with van der Waals surface area (Å²) < 4.78 is 106. The standard InChI is InChI=1S/C37H40F3N3O5.C29H34F3N3O3/c1-23(44)35(45)43(20-26-19-42(21-30(26)40)36(46)47-22-25-13-9-6-10-14-25)33(37(2,3)4)32-31(17-24-11-7-5-8-12-24)48-34(41-32)28-18-27(38)15-16-29(28)39;1-17(36)28(37)35(16-19-14-33-15-23(19)32)26(29(2,3)4)25-24(12-18-8-6-5-7-9-18)38-27(34-25)21-13-20(30)10-11-22(21)31/h5-16,18,23,26,30,33,44H,17,19-22H2,1-4H3;5-11,13,17,19,23,26,33,36H,12,14-16H2,1-4H3/t23-,26-,30-,33-;17-,19-,23-,26-/m00/s1. The lowest BCUT2D eigenvalue weighted by Gasteiger charge is -2.41. The number of hydrogen-bond acceptors (Lipinski definition) is 11. The van der Waals surface area contributed by atoms with Gasteiger partial charge < -0.3 is 43.8 Å². The summed E-state index contributed by atoms with van der Waals surface area (Å²) in [5, 5.41) is 23.9. The Kier molecular flexibility index (Phi) is 20.7. The molecule has 3 N–H and O–H groups in total. The summed E-state index contributed by atoms with van der Waals surface area (Å²) in [6, 6.07) is 32.2. The van der Waals surface area contributed by atoms with Gasteiger partial charge in [-0.1, -0.05) is 133 Å². The topological polar surface area (TPSA) is 175 Å². The van der Waals surface area contributed by atoms with Crippen molar-refractivity contribution < 1.29 is 64.5 Å². The van der Waals surface area contributed by atoms with Crippen LogP contribution in [-0.2, 0) is 33.8 Å². The van der Waals surface area contributed by atoms with Gasteiger partial charge in [0.25, 0.3) is 11.8 Å². The zero-order valence-corrected chi connectivity index (χ0v) is 49.5. The molecule has 0 radical (unpaired) electrons. The lowest BCUT2D eigenvalue weighted by Crippen LogP contribution is -2.48. The van der Waals surface area contributed by atoms with E-state index < -0.39 is 100 Å². The minimum absolute atomic E-state index is 0.0231. The maximum Gasteiger partial charge on any atom is 0.410 e. The van der Waals surface area contributed by atoms with Crippen LogP contribution in [0.3, 0.4) is 0 Å². The smallest absolute Gasteiger partial charge is 0.410 e. The van der Waals surface area contributed by atoms with Crippen molar-refractivity contribution in [3.8, 4) is 22.9 Å². The van der Waals surface area contributed by atoms with Gasteiger partial charge >= 0.3 is 6.09 Å². The maximum atomic E-state index is 15.7. The first kappa shape index (κ1) is 64.2. The molecule has 2 aliphatic rings. The van der Waals surface area contributed by atoms with Crippen LogP contribution in [0.2, 0.25) is 0 Å². The van der Waals surface area contributed by atoms with Crippen molar-refractivity contribution in [3.05, 3.63) is 190 Å². The second kappa shape index (κ2) is 27.7. The first-order valence-corrected chi connectivity index (χ1v) is 28.7. The van der Waals surface area contributed by atoms with E-state index in [9.17, 15) is 46.5 Å². The van der Waals surface area contributed by atoms with Crippen molar-refractivity contribution in [1.29, 1.82) is 0 Å². The number of hydrogen-bond donors (Lipinski definition) is 3. The zero-order chi connectivity index (χ0) is 62.2. The first-order chi connectivity index (χ1) is 40.8. The molecule has 3 amide bonds. The number of alkyl halides is 2. The number of carbonyl (C=O) groups excluding carboxylic acids is 3. The van der Waals surface area contributed by atoms with E-state index in [1.54, 1.807) is 0 Å². The molecule has 2 aromatic heterocycles. The molecule has 0 spiro atoms. The molecular formula is C66H74F6N6O8. The van der Waals surface area contributed by atoms with Gasteiger partial charge in [-0.25, -0.2) is 41.1 Å². The molecule has 20 heteroatoms. The number of likely N-dealkylation sites (tertiary alicyclic amines) is 1. The van der Waals surface area contributed by atoms with Crippen molar-refractivity contribution in [3.63, 3.8) is 0 Å². The normalized spacial score (nSPS) is 18.4. The quantitative estimate of drug-likeness (QED) is 0.0698. The Bertz CT molecular complexity index is 3410. The highest BCUT2D eigenvalue weighted by molar-refractivity contribution is 5.81. The van der Waals surface area contributed by atoms with Gasteiger partial charge in [-0.2, -0.15) is 0 Å². The second-order valence-electron chi connectivity index (χ2n) is 24.3. The number of nitrogens with one attached hydrogen (secondary N) is 1. The van der Waals surface area contributed by atoms with Crippen molar-refractivity contribution in [1.82, 2.24) is 30.0 Å². The molecule has 2 saturated heterocycles. The number of nitrogens with zero attached hydrogens (tertiary/aromatic N) is 5. The molecule has 5 aromatic carbocycles. The fourth-order valence-corrected chi connectivity index (χ4v) is 11.0. The Balaban J connectivity index is 0.000000230. The average molecular weight is 1190 g/mol. The number of aliphatic hydroxyl groups excluding tert-OH is 2. The van der Waals surface area contributed by atoms with Gasteiger partial charge in [0, 0.05) is 57.4 Å². The summed E-state index contributed by atoms with van der Waals surface area (Å²) in [5.74, 6) is -4.94. The number of oxazole rings is 2. The van der Waals surface area contributed by atoms with Crippen LogP contribution in [0.25, 0.3) is 22.9 Å². The highest BCUT2D eigenvalue weighted by Gasteiger charge is 2.46. The van der Waals surface area contributed by atoms with Crippen molar-refractivity contribution in [2.75, 3.05) is 39.3 Å². The summed E-state index contributed by atoms with van der Waals surface area (Å²) in [6.07, 6.45) is -5.62. The Morgan fingerprint density at radius 1 is 0.605 bits per heavy atom. The predicted octanol–water partition coefficient (Wildman–Crippen LogP) is 12.2. The van der Waals surface area contributed by atoms with Crippen LogP contribution in [-0.4, -0.2) is 117 Å². The van der Waals surface area contributed by atoms with Crippen molar-refractivity contribution >= 4 is 17.9 Å². The lowest BCUT2D eigenvalue weighted by atomic mass is 9.81. The van der Waals surface area contributed by atoms with Gasteiger partial charge in [0.05, 0.1) is 29.8 Å². The third kappa shape index (κ3) is 15.8. The van der Waals surface area contributed by atoms with Crippen LogP contribution in [0, 0.1) is 45.9 Å². The van der Waals surface area contributed by atoms with Crippen LogP contribution in [0.15, 0.2) is 136 Å². The molecule has 458 valence electrons. The molecule has 4 heterocycles. The maximum absolute atomic E-state index is 15.7. The molecule has 9 rings (SSSR count). The van der Waals surface area contributed by atoms with E-state index in [2.05, 4.69) is 15.3 Å². The van der Waals surface area contributed by atoms with Crippen molar-refractivity contribution in [2.24, 2.45) is 22.7 Å². The van der Waals surface area contributed by atoms with Gasteiger partial charge in [0.2, 0.25) is 11.8 Å². The third-order valence-corrected chi connectivity index (χ3v) is 15.2.